The monoisotopic (exact) mass is 508 g/mol. The smallest absolute Gasteiger partial charge is 0.263 e. The number of nitrogens with one attached hydrogen (secondary N) is 1. The molecule has 1 saturated carbocycles. The zero-order valence-corrected chi connectivity index (χ0v) is 20.0. The fourth-order valence-electron chi connectivity index (χ4n) is 3.78. The summed E-state index contributed by atoms with van der Waals surface area (Å²) in [7, 11) is -2.15. The molecule has 0 spiro atoms. The molecule has 1 amide bonds. The minimum Gasteiger partial charge on any atom is -0.404 e. The minimum absolute atomic E-state index is 0.0109. The van der Waals surface area contributed by atoms with Gasteiger partial charge >= 0.3 is 0 Å². The molecule has 0 aromatic heterocycles. The molecular formula is C20H25BrN6O3S. The summed E-state index contributed by atoms with van der Waals surface area (Å²) in [5.74, 6) is 0.187. The first-order valence-electron chi connectivity index (χ1n) is 9.96. The van der Waals surface area contributed by atoms with Gasteiger partial charge in [-0.15, -0.1) is 0 Å². The predicted octanol–water partition coefficient (Wildman–Crippen LogP) is 1.84. The molecule has 31 heavy (non-hydrogen) atoms. The van der Waals surface area contributed by atoms with Crippen LogP contribution in [0, 0.1) is 0 Å². The molecule has 0 radical (unpaired) electrons. The maximum absolute atomic E-state index is 13.5. The number of nitrogens with zero attached hydrogens (tertiary/aromatic N) is 4. The van der Waals surface area contributed by atoms with Crippen LogP contribution in [0.1, 0.15) is 37.0 Å². The molecule has 2 heterocycles. The maximum atomic E-state index is 13.5. The molecule has 0 saturated heterocycles. The molecule has 1 aromatic rings. The van der Waals surface area contributed by atoms with Crippen LogP contribution in [0.25, 0.3) is 0 Å². The third kappa shape index (κ3) is 3.90. The number of carbonyl (C=O) groups is 1. The molecule has 11 heteroatoms. The number of benzene rings is 1. The van der Waals surface area contributed by atoms with Gasteiger partial charge in [-0.2, -0.15) is 0 Å². The summed E-state index contributed by atoms with van der Waals surface area (Å²) >= 11 is 3.51. The van der Waals surface area contributed by atoms with E-state index in [4.69, 9.17) is 5.73 Å². The van der Waals surface area contributed by atoms with E-state index in [2.05, 4.69) is 30.6 Å². The molecule has 0 unspecified atom stereocenters. The van der Waals surface area contributed by atoms with Crippen molar-refractivity contribution in [3.05, 3.63) is 33.9 Å². The van der Waals surface area contributed by atoms with Crippen LogP contribution in [-0.2, 0) is 10.0 Å². The number of fused-ring (bicyclic) bond motifs is 3. The number of anilines is 1. The highest BCUT2D eigenvalue weighted by Gasteiger charge is 2.44. The minimum atomic E-state index is -3.78. The van der Waals surface area contributed by atoms with E-state index in [9.17, 15) is 13.2 Å². The van der Waals surface area contributed by atoms with Gasteiger partial charge in [0.05, 0.1) is 35.3 Å². The molecule has 1 fully saturated rings. The van der Waals surface area contributed by atoms with Gasteiger partial charge in [0, 0.05) is 35.0 Å². The second-order valence-corrected chi connectivity index (χ2v) is 10.9. The number of sulfonamides is 1. The summed E-state index contributed by atoms with van der Waals surface area (Å²) in [6.07, 6.45) is 4.58. The van der Waals surface area contributed by atoms with Gasteiger partial charge in [-0.25, -0.2) is 13.1 Å². The van der Waals surface area contributed by atoms with E-state index in [0.29, 0.717) is 33.8 Å². The molecule has 1 aliphatic carbocycles. The van der Waals surface area contributed by atoms with E-state index < -0.39 is 15.6 Å². The molecule has 9 nitrogen and oxygen atoms in total. The standard InChI is InChI=1S/C20H25BrN6O3S/c1-12-9-24-19-26(11-13(8-22)10-23-3)18(28)15-6-14(7-16(21)17(15)27(12)19)31(29,30)25-20(2)4-5-20/h6-8,10,12,25H,4-5,9,11,22H2,1-3H3/b13-8+,23-10?/t12-/m1/s1. The molecular weight excluding hydrogens is 484 g/mol. The van der Waals surface area contributed by atoms with Crippen molar-refractivity contribution in [3.63, 3.8) is 0 Å². The number of hydrogen-bond donors (Lipinski definition) is 2. The van der Waals surface area contributed by atoms with Crippen molar-refractivity contribution in [1.29, 1.82) is 0 Å². The van der Waals surface area contributed by atoms with Gasteiger partial charge in [-0.3, -0.25) is 19.7 Å². The Morgan fingerprint density at radius 3 is 2.77 bits per heavy atom. The number of hydrogen-bond acceptors (Lipinski definition) is 7. The lowest BCUT2D eigenvalue weighted by molar-refractivity contribution is 0.0850. The summed E-state index contributed by atoms with van der Waals surface area (Å²) < 4.78 is 29.2. The number of amides is 1. The first-order chi connectivity index (χ1) is 14.6. The van der Waals surface area contributed by atoms with Gasteiger partial charge in [-0.1, -0.05) is 0 Å². The highest BCUT2D eigenvalue weighted by Crippen LogP contribution is 2.41. The summed E-state index contributed by atoms with van der Waals surface area (Å²) in [4.78, 5) is 25.6. The van der Waals surface area contributed by atoms with Crippen molar-refractivity contribution in [2.45, 2.75) is 43.2 Å². The fourth-order valence-corrected chi connectivity index (χ4v) is 6.10. The quantitative estimate of drug-likeness (QED) is 0.567. The van der Waals surface area contributed by atoms with E-state index in [0.717, 1.165) is 12.8 Å². The third-order valence-corrected chi connectivity index (χ3v) is 7.91. The maximum Gasteiger partial charge on any atom is 0.263 e. The van der Waals surface area contributed by atoms with Crippen molar-refractivity contribution in [2.24, 2.45) is 15.7 Å². The SMILES string of the molecule is CN=C/C(=C\N)CN1C(=O)c2cc(S(=O)(=O)NC3(C)CC3)cc(Br)c2N2C1=NC[C@H]2C. The average molecular weight is 509 g/mol. The number of carbonyl (C=O) groups excluding carboxylic acids is 1. The van der Waals surface area contributed by atoms with Gasteiger partial charge < -0.3 is 10.6 Å². The topological polar surface area (TPSA) is 120 Å². The number of nitrogens with two attached hydrogens (primary N) is 1. The number of halogens is 1. The third-order valence-electron chi connectivity index (χ3n) is 5.69. The number of guanidine groups is 1. The van der Waals surface area contributed by atoms with E-state index in [1.54, 1.807) is 19.3 Å². The van der Waals surface area contributed by atoms with E-state index >= 15 is 0 Å². The van der Waals surface area contributed by atoms with Crippen molar-refractivity contribution in [2.75, 3.05) is 25.0 Å². The van der Waals surface area contributed by atoms with Crippen molar-refractivity contribution in [3.8, 4) is 0 Å². The van der Waals surface area contributed by atoms with Gasteiger partial charge in [0.25, 0.3) is 5.91 Å². The van der Waals surface area contributed by atoms with Crippen LogP contribution in [-0.4, -0.2) is 63.1 Å². The van der Waals surface area contributed by atoms with Gasteiger partial charge in [0.1, 0.15) is 0 Å². The van der Waals surface area contributed by atoms with Crippen LogP contribution in [0.4, 0.5) is 5.69 Å². The number of rotatable bonds is 6. The Labute approximate surface area is 190 Å². The van der Waals surface area contributed by atoms with Crippen LogP contribution in [0.15, 0.2) is 43.3 Å². The Bertz CT molecular complexity index is 1140. The summed E-state index contributed by atoms with van der Waals surface area (Å²) in [6.45, 7) is 4.58. The molecule has 2 aliphatic heterocycles. The molecule has 0 bridgehead atoms. The first kappa shape index (κ1) is 22.0. The lowest BCUT2D eigenvalue weighted by Gasteiger charge is -2.38. The summed E-state index contributed by atoms with van der Waals surface area (Å²) in [5, 5.41) is 0. The van der Waals surface area contributed by atoms with Crippen LogP contribution < -0.4 is 15.4 Å². The Morgan fingerprint density at radius 1 is 1.45 bits per heavy atom. The van der Waals surface area contributed by atoms with Crippen molar-refractivity contribution >= 4 is 49.7 Å². The summed E-state index contributed by atoms with van der Waals surface area (Å²) in [5.41, 5.74) is 6.87. The molecule has 3 N–H and O–H groups in total. The van der Waals surface area contributed by atoms with Crippen LogP contribution in [0.3, 0.4) is 0 Å². The van der Waals surface area contributed by atoms with Crippen LogP contribution in [0.2, 0.25) is 0 Å². The van der Waals surface area contributed by atoms with Gasteiger partial charge in [-0.05, 0) is 54.8 Å². The largest absolute Gasteiger partial charge is 0.404 e. The number of aliphatic imine (C=N–C) groups is 2. The molecule has 3 aliphatic rings. The lowest BCUT2D eigenvalue weighted by Crippen LogP contribution is -2.53. The van der Waals surface area contributed by atoms with Crippen LogP contribution >= 0.6 is 15.9 Å². The lowest BCUT2D eigenvalue weighted by atomic mass is 10.1. The zero-order chi connectivity index (χ0) is 22.6. The molecule has 1 atom stereocenters. The fraction of sp³-hybridized carbons (Fsp3) is 0.450. The first-order valence-corrected chi connectivity index (χ1v) is 12.2. The Kier molecular flexibility index (Phi) is 5.47. The van der Waals surface area contributed by atoms with Crippen molar-refractivity contribution < 1.29 is 13.2 Å². The Balaban J connectivity index is 1.81. The van der Waals surface area contributed by atoms with Crippen LogP contribution in [0.5, 0.6) is 0 Å². The normalized spacial score (nSPS) is 22.6. The molecule has 166 valence electrons. The highest BCUT2D eigenvalue weighted by molar-refractivity contribution is 9.10. The molecule has 4 rings (SSSR count). The second kappa shape index (κ2) is 7.72. The van der Waals surface area contributed by atoms with E-state index in [1.807, 2.05) is 18.7 Å². The summed E-state index contributed by atoms with van der Waals surface area (Å²) in [6, 6.07) is 3.01. The van der Waals surface area contributed by atoms with Gasteiger partial charge in [0.2, 0.25) is 16.0 Å². The van der Waals surface area contributed by atoms with Crippen molar-refractivity contribution in [1.82, 2.24) is 9.62 Å². The zero-order valence-electron chi connectivity index (χ0n) is 17.6. The highest BCUT2D eigenvalue weighted by atomic mass is 79.9. The van der Waals surface area contributed by atoms with E-state index in [-0.39, 0.29) is 23.4 Å². The average Bonchev–Trinajstić information content (AvgIpc) is 3.30. The second-order valence-electron chi connectivity index (χ2n) is 8.35. The predicted molar refractivity (Wildman–Crippen MR) is 124 cm³/mol. The Morgan fingerprint density at radius 2 is 2.16 bits per heavy atom. The van der Waals surface area contributed by atoms with Gasteiger partial charge in [0.15, 0.2) is 0 Å². The molecule has 1 aromatic carbocycles. The Hall–Kier alpha value is -2.24. The van der Waals surface area contributed by atoms with E-state index in [1.165, 1.54) is 17.2 Å².